The lowest BCUT2D eigenvalue weighted by Crippen LogP contribution is -2.21. The summed E-state index contributed by atoms with van der Waals surface area (Å²) >= 11 is 2.24. The molecule has 0 saturated carbocycles. The van der Waals surface area contributed by atoms with Crippen molar-refractivity contribution in [3.63, 3.8) is 0 Å². The Hall–Kier alpha value is -1.56. The summed E-state index contributed by atoms with van der Waals surface area (Å²) in [6.45, 7) is 2.38. The molecule has 2 N–H and O–H groups in total. The van der Waals surface area contributed by atoms with E-state index in [0.717, 1.165) is 21.4 Å². The van der Waals surface area contributed by atoms with E-state index in [1.165, 1.54) is 5.56 Å². The fraction of sp³-hybridized carbons (Fsp3) is 0.188. The SMILES string of the molecule is CCc1ccc(NCC(=O)Nc2ccc(I)cc2)cc1. The van der Waals surface area contributed by atoms with Crippen molar-refractivity contribution in [3.8, 4) is 0 Å². The van der Waals surface area contributed by atoms with Crippen molar-refractivity contribution in [2.45, 2.75) is 13.3 Å². The fourth-order valence-electron chi connectivity index (χ4n) is 1.78. The number of carbonyl (C=O) groups is 1. The molecular formula is C16H17IN2O. The molecule has 0 unspecified atom stereocenters. The standard InChI is InChI=1S/C16H17IN2O/c1-2-12-3-7-14(8-4-12)18-11-16(20)19-15-9-5-13(17)6-10-15/h3-10,18H,2,11H2,1H3,(H,19,20). The first-order valence-corrected chi connectivity index (χ1v) is 7.63. The van der Waals surface area contributed by atoms with E-state index < -0.39 is 0 Å². The van der Waals surface area contributed by atoms with E-state index in [1.54, 1.807) is 0 Å². The molecule has 0 aliphatic heterocycles. The first-order chi connectivity index (χ1) is 9.67. The number of benzene rings is 2. The zero-order chi connectivity index (χ0) is 14.4. The largest absolute Gasteiger partial charge is 0.376 e. The second-order valence-corrected chi connectivity index (χ2v) is 5.70. The molecule has 0 aromatic heterocycles. The van der Waals surface area contributed by atoms with Crippen LogP contribution < -0.4 is 10.6 Å². The van der Waals surface area contributed by atoms with E-state index in [4.69, 9.17) is 0 Å². The summed E-state index contributed by atoms with van der Waals surface area (Å²) in [5, 5.41) is 5.97. The molecule has 0 fully saturated rings. The van der Waals surface area contributed by atoms with Crippen LogP contribution in [0.5, 0.6) is 0 Å². The molecule has 0 spiro atoms. The molecule has 0 aliphatic carbocycles. The van der Waals surface area contributed by atoms with Crippen molar-refractivity contribution >= 4 is 39.9 Å². The quantitative estimate of drug-likeness (QED) is 0.773. The number of carbonyl (C=O) groups excluding carboxylic acids is 1. The highest BCUT2D eigenvalue weighted by atomic mass is 127. The summed E-state index contributed by atoms with van der Waals surface area (Å²) in [4.78, 5) is 11.8. The van der Waals surface area contributed by atoms with Gasteiger partial charge in [0.1, 0.15) is 0 Å². The van der Waals surface area contributed by atoms with E-state index in [1.807, 2.05) is 36.4 Å². The monoisotopic (exact) mass is 380 g/mol. The highest BCUT2D eigenvalue weighted by Crippen LogP contribution is 2.12. The lowest BCUT2D eigenvalue weighted by molar-refractivity contribution is -0.114. The van der Waals surface area contributed by atoms with E-state index in [9.17, 15) is 4.79 Å². The minimum atomic E-state index is -0.0502. The number of nitrogens with one attached hydrogen (secondary N) is 2. The third kappa shape index (κ3) is 4.52. The number of hydrogen-bond donors (Lipinski definition) is 2. The van der Waals surface area contributed by atoms with Crippen LogP contribution in [0.25, 0.3) is 0 Å². The molecule has 2 aromatic rings. The van der Waals surface area contributed by atoms with Gasteiger partial charge in [-0.3, -0.25) is 4.79 Å². The molecule has 2 rings (SSSR count). The zero-order valence-electron chi connectivity index (χ0n) is 11.3. The Balaban J connectivity index is 1.83. The second kappa shape index (κ2) is 7.28. The molecule has 0 saturated heterocycles. The van der Waals surface area contributed by atoms with Crippen LogP contribution in [0, 0.1) is 3.57 Å². The van der Waals surface area contributed by atoms with Gasteiger partial charge in [0.2, 0.25) is 5.91 Å². The Kier molecular flexibility index (Phi) is 5.40. The maximum absolute atomic E-state index is 11.8. The molecule has 20 heavy (non-hydrogen) atoms. The minimum Gasteiger partial charge on any atom is -0.376 e. The van der Waals surface area contributed by atoms with Gasteiger partial charge in [-0.15, -0.1) is 0 Å². The molecule has 1 amide bonds. The summed E-state index contributed by atoms with van der Waals surface area (Å²) in [7, 11) is 0. The Labute approximate surface area is 132 Å². The van der Waals surface area contributed by atoms with Gasteiger partial charge in [-0.1, -0.05) is 19.1 Å². The van der Waals surface area contributed by atoms with Crippen LogP contribution in [0.2, 0.25) is 0 Å². The van der Waals surface area contributed by atoms with Gasteiger partial charge in [0.25, 0.3) is 0 Å². The number of anilines is 2. The summed E-state index contributed by atoms with van der Waals surface area (Å²) in [6.07, 6.45) is 1.02. The molecule has 0 heterocycles. The Bertz CT molecular complexity index is 564. The van der Waals surface area contributed by atoms with Crippen molar-refractivity contribution in [2.24, 2.45) is 0 Å². The van der Waals surface area contributed by atoms with Crippen molar-refractivity contribution in [2.75, 3.05) is 17.2 Å². The van der Waals surface area contributed by atoms with Gasteiger partial charge in [-0.2, -0.15) is 0 Å². The molecule has 0 radical (unpaired) electrons. The molecular weight excluding hydrogens is 363 g/mol. The second-order valence-electron chi connectivity index (χ2n) is 4.46. The highest BCUT2D eigenvalue weighted by Gasteiger charge is 2.02. The molecule has 0 bridgehead atoms. The number of amides is 1. The van der Waals surface area contributed by atoms with Crippen LogP contribution in [-0.4, -0.2) is 12.5 Å². The summed E-state index contributed by atoms with van der Waals surface area (Å²) in [5.41, 5.74) is 3.07. The van der Waals surface area contributed by atoms with E-state index in [0.29, 0.717) is 0 Å². The predicted molar refractivity (Wildman–Crippen MR) is 92.1 cm³/mol. The highest BCUT2D eigenvalue weighted by molar-refractivity contribution is 14.1. The molecule has 3 nitrogen and oxygen atoms in total. The topological polar surface area (TPSA) is 41.1 Å². The lowest BCUT2D eigenvalue weighted by Gasteiger charge is -2.08. The third-order valence-corrected chi connectivity index (χ3v) is 3.66. The van der Waals surface area contributed by atoms with Gasteiger partial charge < -0.3 is 10.6 Å². The van der Waals surface area contributed by atoms with Gasteiger partial charge in [-0.05, 0) is 71.0 Å². The lowest BCUT2D eigenvalue weighted by atomic mass is 10.1. The number of hydrogen-bond acceptors (Lipinski definition) is 2. The molecule has 0 atom stereocenters. The normalized spacial score (nSPS) is 10.1. The van der Waals surface area contributed by atoms with Gasteiger partial charge in [0.15, 0.2) is 0 Å². The van der Waals surface area contributed by atoms with E-state index in [-0.39, 0.29) is 12.5 Å². The van der Waals surface area contributed by atoms with Gasteiger partial charge in [0.05, 0.1) is 6.54 Å². The van der Waals surface area contributed by atoms with E-state index in [2.05, 4.69) is 52.3 Å². The average Bonchev–Trinajstić information content (AvgIpc) is 2.48. The van der Waals surface area contributed by atoms with Crippen LogP contribution in [-0.2, 0) is 11.2 Å². The van der Waals surface area contributed by atoms with Crippen molar-refractivity contribution < 1.29 is 4.79 Å². The number of rotatable bonds is 5. The predicted octanol–water partition coefficient (Wildman–Crippen LogP) is 3.90. The van der Waals surface area contributed by atoms with E-state index >= 15 is 0 Å². The Morgan fingerprint density at radius 3 is 2.20 bits per heavy atom. The number of aryl methyl sites for hydroxylation is 1. The Morgan fingerprint density at radius 2 is 1.60 bits per heavy atom. The van der Waals surface area contributed by atoms with Crippen LogP contribution in [0.1, 0.15) is 12.5 Å². The Morgan fingerprint density at radius 1 is 1.00 bits per heavy atom. The fourth-order valence-corrected chi connectivity index (χ4v) is 2.14. The maximum atomic E-state index is 11.8. The minimum absolute atomic E-state index is 0.0502. The zero-order valence-corrected chi connectivity index (χ0v) is 13.5. The average molecular weight is 380 g/mol. The molecule has 104 valence electrons. The first-order valence-electron chi connectivity index (χ1n) is 6.55. The smallest absolute Gasteiger partial charge is 0.243 e. The maximum Gasteiger partial charge on any atom is 0.243 e. The molecule has 0 aliphatic rings. The van der Waals surface area contributed by atoms with Crippen molar-refractivity contribution in [1.29, 1.82) is 0 Å². The van der Waals surface area contributed by atoms with Crippen molar-refractivity contribution in [1.82, 2.24) is 0 Å². The van der Waals surface area contributed by atoms with Gasteiger partial charge in [-0.25, -0.2) is 0 Å². The van der Waals surface area contributed by atoms with Gasteiger partial charge >= 0.3 is 0 Å². The van der Waals surface area contributed by atoms with Crippen LogP contribution in [0.3, 0.4) is 0 Å². The first kappa shape index (κ1) is 14.8. The van der Waals surface area contributed by atoms with Crippen LogP contribution in [0.15, 0.2) is 48.5 Å². The van der Waals surface area contributed by atoms with Crippen molar-refractivity contribution in [3.05, 3.63) is 57.7 Å². The summed E-state index contributed by atoms with van der Waals surface area (Å²) < 4.78 is 1.15. The molecule has 2 aromatic carbocycles. The van der Waals surface area contributed by atoms with Crippen LogP contribution >= 0.6 is 22.6 Å². The summed E-state index contributed by atoms with van der Waals surface area (Å²) in [6, 6.07) is 15.9. The third-order valence-electron chi connectivity index (χ3n) is 2.94. The van der Waals surface area contributed by atoms with Crippen LogP contribution in [0.4, 0.5) is 11.4 Å². The summed E-state index contributed by atoms with van der Waals surface area (Å²) in [5.74, 6) is -0.0502. The molecule has 4 heteroatoms. The number of halogens is 1. The van der Waals surface area contributed by atoms with Gasteiger partial charge in [0, 0.05) is 14.9 Å².